The van der Waals surface area contributed by atoms with Crippen molar-refractivity contribution in [3.05, 3.63) is 65.5 Å². The number of Topliss-reactive ketones (excluding diaryl/α,β-unsaturated/α-hetero) is 1. The summed E-state index contributed by atoms with van der Waals surface area (Å²) in [5.74, 6) is -1.58. The number of esters is 1. The van der Waals surface area contributed by atoms with Gasteiger partial charge in [0.05, 0.1) is 5.56 Å². The van der Waals surface area contributed by atoms with Gasteiger partial charge in [-0.1, -0.05) is 0 Å². The molecule has 0 aromatic heterocycles. The second kappa shape index (κ2) is 8.65. The van der Waals surface area contributed by atoms with E-state index in [4.69, 9.17) is 9.47 Å². The minimum absolute atomic E-state index is 0.216. The van der Waals surface area contributed by atoms with E-state index in [1.165, 1.54) is 43.3 Å². The van der Waals surface area contributed by atoms with E-state index in [0.717, 1.165) is 12.1 Å². The molecule has 2 rings (SSSR count). The van der Waals surface area contributed by atoms with Crippen LogP contribution >= 0.6 is 0 Å². The summed E-state index contributed by atoms with van der Waals surface area (Å²) < 4.78 is 23.3. The number of nitrogens with one attached hydrogen (secondary N) is 1. The summed E-state index contributed by atoms with van der Waals surface area (Å²) in [5.41, 5.74) is 0.287. The summed E-state index contributed by atoms with van der Waals surface area (Å²) in [6, 6.07) is 11.0. The van der Waals surface area contributed by atoms with Crippen molar-refractivity contribution in [3.63, 3.8) is 0 Å². The molecule has 1 atom stereocenters. The van der Waals surface area contributed by atoms with E-state index < -0.39 is 35.4 Å². The zero-order valence-electron chi connectivity index (χ0n) is 16.1. The normalized spacial score (nSPS) is 12.0. The van der Waals surface area contributed by atoms with Crippen molar-refractivity contribution >= 4 is 23.5 Å². The zero-order valence-corrected chi connectivity index (χ0v) is 16.1. The van der Waals surface area contributed by atoms with Gasteiger partial charge >= 0.3 is 12.1 Å². The second-order valence-corrected chi connectivity index (χ2v) is 7.12. The predicted octanol–water partition coefficient (Wildman–Crippen LogP) is 4.60. The third kappa shape index (κ3) is 6.19. The molecule has 2 aromatic carbocycles. The lowest BCUT2D eigenvalue weighted by Gasteiger charge is -2.19. The molecule has 6 nitrogen and oxygen atoms in total. The average molecular weight is 387 g/mol. The fourth-order valence-corrected chi connectivity index (χ4v) is 2.24. The average Bonchev–Trinajstić information content (AvgIpc) is 2.60. The molecule has 0 aliphatic rings. The number of hydrogen-bond acceptors (Lipinski definition) is 5. The Morgan fingerprint density at radius 1 is 0.929 bits per heavy atom. The smallest absolute Gasteiger partial charge is 0.412 e. The second-order valence-electron chi connectivity index (χ2n) is 7.12. The summed E-state index contributed by atoms with van der Waals surface area (Å²) in [6.07, 6.45) is -1.64. The van der Waals surface area contributed by atoms with Crippen LogP contribution in [0.15, 0.2) is 48.5 Å². The van der Waals surface area contributed by atoms with Crippen molar-refractivity contribution < 1.29 is 28.2 Å². The Labute approximate surface area is 162 Å². The van der Waals surface area contributed by atoms with Crippen LogP contribution in [0, 0.1) is 5.82 Å². The van der Waals surface area contributed by atoms with Gasteiger partial charge in [-0.2, -0.15) is 0 Å². The highest BCUT2D eigenvalue weighted by atomic mass is 19.1. The molecule has 0 saturated carbocycles. The van der Waals surface area contributed by atoms with Crippen molar-refractivity contribution in [3.8, 4) is 0 Å². The molecular weight excluding hydrogens is 365 g/mol. The lowest BCUT2D eigenvalue weighted by molar-refractivity contribution is 0.0319. The molecule has 28 heavy (non-hydrogen) atoms. The van der Waals surface area contributed by atoms with Crippen molar-refractivity contribution in [2.45, 2.75) is 39.4 Å². The lowest BCUT2D eigenvalue weighted by Crippen LogP contribution is -2.27. The van der Waals surface area contributed by atoms with E-state index in [0.29, 0.717) is 5.69 Å². The summed E-state index contributed by atoms with van der Waals surface area (Å²) in [4.78, 5) is 36.2. The zero-order chi connectivity index (χ0) is 20.9. The van der Waals surface area contributed by atoms with Crippen LogP contribution < -0.4 is 5.32 Å². The number of ketones is 1. The van der Waals surface area contributed by atoms with Gasteiger partial charge in [0.2, 0.25) is 5.78 Å². The van der Waals surface area contributed by atoms with Crippen molar-refractivity contribution in [2.24, 2.45) is 0 Å². The molecule has 0 saturated heterocycles. The number of anilines is 1. The number of benzene rings is 2. The highest BCUT2D eigenvalue weighted by Crippen LogP contribution is 2.15. The van der Waals surface area contributed by atoms with E-state index in [-0.39, 0.29) is 11.1 Å². The molecular formula is C21H22FNO5. The molecule has 0 unspecified atom stereocenters. The van der Waals surface area contributed by atoms with Gasteiger partial charge in [-0.3, -0.25) is 10.1 Å². The summed E-state index contributed by atoms with van der Waals surface area (Å²) in [5, 5.41) is 2.55. The fourth-order valence-electron chi connectivity index (χ4n) is 2.24. The first kappa shape index (κ1) is 21.1. The SMILES string of the molecule is C[C@H](OC(=O)c1ccc(NC(=O)OC(C)(C)C)cc1)C(=O)c1ccc(F)cc1. The van der Waals surface area contributed by atoms with Crippen LogP contribution in [0.1, 0.15) is 48.4 Å². The Morgan fingerprint density at radius 2 is 1.46 bits per heavy atom. The molecule has 0 fully saturated rings. The monoisotopic (exact) mass is 387 g/mol. The number of ether oxygens (including phenoxy) is 2. The number of amides is 1. The van der Waals surface area contributed by atoms with Crippen LogP contribution in [0.3, 0.4) is 0 Å². The molecule has 0 aliphatic carbocycles. The maximum Gasteiger partial charge on any atom is 0.412 e. The van der Waals surface area contributed by atoms with E-state index in [1.54, 1.807) is 20.8 Å². The third-order valence-corrected chi connectivity index (χ3v) is 3.55. The lowest BCUT2D eigenvalue weighted by atomic mass is 10.1. The molecule has 0 radical (unpaired) electrons. The Bertz CT molecular complexity index is 854. The van der Waals surface area contributed by atoms with Gasteiger partial charge in [0.25, 0.3) is 0 Å². The molecule has 1 N–H and O–H groups in total. The van der Waals surface area contributed by atoms with Crippen LogP contribution in [0.5, 0.6) is 0 Å². The van der Waals surface area contributed by atoms with Gasteiger partial charge in [-0.25, -0.2) is 14.0 Å². The van der Waals surface area contributed by atoms with Crippen LogP contribution in [0.25, 0.3) is 0 Å². The molecule has 0 heterocycles. The standard InChI is InChI=1S/C21H22FNO5/c1-13(18(24)14-5-9-16(22)10-6-14)27-19(25)15-7-11-17(12-8-15)23-20(26)28-21(2,3)4/h5-13H,1-4H3,(H,23,26)/t13-/m0/s1. The highest BCUT2D eigenvalue weighted by Gasteiger charge is 2.21. The van der Waals surface area contributed by atoms with Crippen LogP contribution in [0.2, 0.25) is 0 Å². The third-order valence-electron chi connectivity index (χ3n) is 3.55. The molecule has 0 spiro atoms. The van der Waals surface area contributed by atoms with E-state index >= 15 is 0 Å². The Balaban J connectivity index is 1.96. The van der Waals surface area contributed by atoms with Crippen molar-refractivity contribution in [1.82, 2.24) is 0 Å². The molecule has 0 aliphatic heterocycles. The van der Waals surface area contributed by atoms with Crippen molar-refractivity contribution in [2.75, 3.05) is 5.32 Å². The molecule has 148 valence electrons. The first-order valence-corrected chi connectivity index (χ1v) is 8.66. The van der Waals surface area contributed by atoms with Crippen LogP contribution in [0.4, 0.5) is 14.9 Å². The number of halogens is 1. The Hall–Kier alpha value is -3.22. The molecule has 2 aromatic rings. The Morgan fingerprint density at radius 3 is 2.00 bits per heavy atom. The minimum atomic E-state index is -1.03. The predicted molar refractivity (Wildman–Crippen MR) is 102 cm³/mol. The minimum Gasteiger partial charge on any atom is -0.451 e. The summed E-state index contributed by atoms with van der Waals surface area (Å²) >= 11 is 0. The first-order chi connectivity index (χ1) is 13.0. The molecule has 1 amide bonds. The Kier molecular flexibility index (Phi) is 6.51. The van der Waals surface area contributed by atoms with Gasteiger partial charge in [0.1, 0.15) is 11.4 Å². The van der Waals surface area contributed by atoms with Crippen LogP contribution in [-0.4, -0.2) is 29.6 Å². The first-order valence-electron chi connectivity index (χ1n) is 8.66. The van der Waals surface area contributed by atoms with Gasteiger partial charge in [0, 0.05) is 11.3 Å². The molecule has 7 heteroatoms. The molecule has 0 bridgehead atoms. The number of rotatable bonds is 5. The highest BCUT2D eigenvalue weighted by molar-refractivity contribution is 6.01. The van der Waals surface area contributed by atoms with Crippen molar-refractivity contribution in [1.29, 1.82) is 0 Å². The number of carbonyl (C=O) groups excluding carboxylic acids is 3. The van der Waals surface area contributed by atoms with E-state index in [1.807, 2.05) is 0 Å². The summed E-state index contributed by atoms with van der Waals surface area (Å²) in [7, 11) is 0. The van der Waals surface area contributed by atoms with Gasteiger partial charge in [0.15, 0.2) is 6.10 Å². The van der Waals surface area contributed by atoms with Gasteiger partial charge < -0.3 is 9.47 Å². The van der Waals surface area contributed by atoms with Gasteiger partial charge in [-0.05, 0) is 76.2 Å². The van der Waals surface area contributed by atoms with Crippen LogP contribution in [-0.2, 0) is 9.47 Å². The summed E-state index contributed by atoms with van der Waals surface area (Å²) in [6.45, 7) is 6.70. The van der Waals surface area contributed by atoms with E-state index in [2.05, 4.69) is 5.32 Å². The van der Waals surface area contributed by atoms with E-state index in [9.17, 15) is 18.8 Å². The maximum absolute atomic E-state index is 12.9. The largest absolute Gasteiger partial charge is 0.451 e. The van der Waals surface area contributed by atoms with Gasteiger partial charge in [-0.15, -0.1) is 0 Å². The maximum atomic E-state index is 12.9. The number of hydrogen-bond donors (Lipinski definition) is 1. The number of carbonyl (C=O) groups is 3. The quantitative estimate of drug-likeness (QED) is 0.599. The fraction of sp³-hybridized carbons (Fsp3) is 0.286. The topological polar surface area (TPSA) is 81.7 Å².